The molecule has 0 radical (unpaired) electrons. The molecular weight excluding hydrogens is 482 g/mol. The van der Waals surface area contributed by atoms with E-state index in [9.17, 15) is 4.79 Å². The van der Waals surface area contributed by atoms with Crippen LogP contribution in [-0.4, -0.2) is 40.8 Å². The lowest BCUT2D eigenvalue weighted by Crippen LogP contribution is -2.09. The summed E-state index contributed by atoms with van der Waals surface area (Å²) in [5.74, 6) is 1.16. The van der Waals surface area contributed by atoms with E-state index < -0.39 is 0 Å². The molecule has 0 N–H and O–H groups in total. The van der Waals surface area contributed by atoms with Crippen LogP contribution in [0, 0.1) is 0 Å². The highest BCUT2D eigenvalue weighted by Crippen LogP contribution is 2.30. The Morgan fingerprint density at radius 1 is 0.973 bits per heavy atom. The zero-order valence-corrected chi connectivity index (χ0v) is 21.6. The van der Waals surface area contributed by atoms with Crippen molar-refractivity contribution in [3.8, 4) is 16.8 Å². The first-order valence-electron chi connectivity index (χ1n) is 12.6. The van der Waals surface area contributed by atoms with Crippen LogP contribution in [0.2, 0.25) is 0 Å². The van der Waals surface area contributed by atoms with Crippen molar-refractivity contribution >= 4 is 17.1 Å². The molecule has 0 aliphatic heterocycles. The first kappa shape index (κ1) is 24.7. The predicted molar refractivity (Wildman–Crippen MR) is 144 cm³/mol. The van der Waals surface area contributed by atoms with E-state index in [-0.39, 0.29) is 5.78 Å². The number of aryl methyl sites for hydroxylation is 2. The highest BCUT2D eigenvalue weighted by atomic mass is 32.1. The second kappa shape index (κ2) is 11.8. The summed E-state index contributed by atoms with van der Waals surface area (Å²) < 4.78 is 3.58. The van der Waals surface area contributed by atoms with Gasteiger partial charge in [-0.25, -0.2) is 9.67 Å². The number of benzene rings is 2. The number of aromatic nitrogens is 7. The number of tetrazole rings is 1. The van der Waals surface area contributed by atoms with Crippen molar-refractivity contribution < 1.29 is 4.79 Å². The molecule has 9 heteroatoms. The maximum Gasteiger partial charge on any atom is 0.217 e. The maximum atomic E-state index is 13.0. The average molecular weight is 512 g/mol. The van der Waals surface area contributed by atoms with Gasteiger partial charge in [-0.05, 0) is 62.9 Å². The Balaban J connectivity index is 1.45. The fraction of sp³-hybridized carbons (Fsp3) is 0.286. The molecule has 0 amide bonds. The van der Waals surface area contributed by atoms with Gasteiger partial charge in [0.1, 0.15) is 12.2 Å². The molecule has 3 aromatic heterocycles. The van der Waals surface area contributed by atoms with Gasteiger partial charge in [0.05, 0.1) is 12.2 Å². The Morgan fingerprint density at radius 3 is 2.59 bits per heavy atom. The van der Waals surface area contributed by atoms with Crippen LogP contribution in [0.15, 0.2) is 71.7 Å². The standard InChI is InChI=1S/C28H29N7OS/c1-2-3-4-13-27-30-28(26(36)15-14-21-16-17-37-19-21)31-34(27)18-22-9-5-6-10-23(22)24-11-7-8-12-25(24)35-20-29-32-33-35/h5-12,16-17,19-20H,2-4,13-15,18H2,1H3. The molecule has 3 heterocycles. The topological polar surface area (TPSA) is 91.4 Å². The SMILES string of the molecule is CCCCCc1nc(C(=O)CCc2ccsc2)nn1Cc1ccccc1-c1ccccc1-n1cnnn1. The summed E-state index contributed by atoms with van der Waals surface area (Å²) in [6.45, 7) is 2.70. The number of thiophene rings is 1. The number of hydrogen-bond acceptors (Lipinski definition) is 7. The van der Waals surface area contributed by atoms with Gasteiger partial charge < -0.3 is 0 Å². The van der Waals surface area contributed by atoms with Gasteiger partial charge in [0.15, 0.2) is 0 Å². The molecular formula is C28H29N7OS. The lowest BCUT2D eigenvalue weighted by Gasteiger charge is -2.14. The number of carbonyl (C=O) groups excluding carboxylic acids is 1. The van der Waals surface area contributed by atoms with E-state index in [2.05, 4.69) is 52.1 Å². The summed E-state index contributed by atoms with van der Waals surface area (Å²) in [5.41, 5.74) is 5.24. The molecule has 188 valence electrons. The third kappa shape index (κ3) is 5.89. The van der Waals surface area contributed by atoms with Crippen molar-refractivity contribution in [1.29, 1.82) is 0 Å². The van der Waals surface area contributed by atoms with Gasteiger partial charge in [-0.1, -0.05) is 62.2 Å². The van der Waals surface area contributed by atoms with E-state index in [1.807, 2.05) is 40.4 Å². The molecule has 0 atom stereocenters. The molecule has 0 fully saturated rings. The Kier molecular flexibility index (Phi) is 7.90. The van der Waals surface area contributed by atoms with Crippen LogP contribution < -0.4 is 0 Å². The molecule has 0 spiro atoms. The second-order valence-electron chi connectivity index (χ2n) is 8.95. The molecule has 37 heavy (non-hydrogen) atoms. The fourth-order valence-corrected chi connectivity index (χ4v) is 5.10. The number of Topliss-reactive ketones (excluding diaryl/α,β-unsaturated/α-hetero) is 1. The summed E-state index contributed by atoms with van der Waals surface area (Å²) in [6.07, 6.45) is 6.76. The Morgan fingerprint density at radius 2 is 1.81 bits per heavy atom. The molecule has 0 saturated carbocycles. The number of ketones is 1. The number of nitrogens with zero attached hydrogens (tertiary/aromatic N) is 7. The summed E-state index contributed by atoms with van der Waals surface area (Å²) in [5, 5.41) is 20.5. The molecule has 8 nitrogen and oxygen atoms in total. The third-order valence-corrected chi connectivity index (χ3v) is 7.08. The number of hydrogen-bond donors (Lipinski definition) is 0. The van der Waals surface area contributed by atoms with E-state index in [0.717, 1.165) is 53.9 Å². The van der Waals surface area contributed by atoms with Crippen molar-refractivity contribution in [1.82, 2.24) is 35.0 Å². The Hall–Kier alpha value is -3.98. The first-order valence-corrected chi connectivity index (χ1v) is 13.6. The monoisotopic (exact) mass is 511 g/mol. The zero-order chi connectivity index (χ0) is 25.5. The van der Waals surface area contributed by atoms with E-state index in [0.29, 0.717) is 25.2 Å². The number of carbonyl (C=O) groups is 1. The van der Waals surface area contributed by atoms with Crippen LogP contribution in [0.5, 0.6) is 0 Å². The molecule has 0 aliphatic rings. The lowest BCUT2D eigenvalue weighted by molar-refractivity contribution is 0.0972. The minimum atomic E-state index is -0.0148. The van der Waals surface area contributed by atoms with Gasteiger partial charge in [0.2, 0.25) is 11.6 Å². The number of rotatable bonds is 12. The third-order valence-electron chi connectivity index (χ3n) is 6.35. The second-order valence-corrected chi connectivity index (χ2v) is 9.73. The molecule has 2 aromatic carbocycles. The van der Waals surface area contributed by atoms with Gasteiger partial charge in [0, 0.05) is 18.4 Å². The average Bonchev–Trinajstić information content (AvgIpc) is 3.71. The van der Waals surface area contributed by atoms with Crippen molar-refractivity contribution in [2.24, 2.45) is 0 Å². The van der Waals surface area contributed by atoms with Gasteiger partial charge in [-0.2, -0.15) is 16.0 Å². The summed E-state index contributed by atoms with van der Waals surface area (Å²) in [7, 11) is 0. The quantitative estimate of drug-likeness (QED) is 0.160. The number of unbranched alkanes of at least 4 members (excludes halogenated alkanes) is 2. The molecule has 0 saturated heterocycles. The van der Waals surface area contributed by atoms with Crippen LogP contribution in [-0.2, 0) is 19.4 Å². The van der Waals surface area contributed by atoms with Gasteiger partial charge in [-0.3, -0.25) is 4.79 Å². The van der Waals surface area contributed by atoms with E-state index in [1.54, 1.807) is 22.3 Å². The largest absolute Gasteiger partial charge is 0.291 e. The molecule has 0 unspecified atom stereocenters. The van der Waals surface area contributed by atoms with Crippen LogP contribution in [0.25, 0.3) is 16.8 Å². The molecule has 5 rings (SSSR count). The van der Waals surface area contributed by atoms with Crippen LogP contribution in [0.4, 0.5) is 0 Å². The van der Waals surface area contributed by atoms with Crippen LogP contribution >= 0.6 is 11.3 Å². The minimum Gasteiger partial charge on any atom is -0.291 e. The first-order chi connectivity index (χ1) is 18.2. The predicted octanol–water partition coefficient (Wildman–Crippen LogP) is 5.58. The van der Waals surface area contributed by atoms with Crippen molar-refractivity contribution in [2.45, 2.75) is 52.0 Å². The zero-order valence-electron chi connectivity index (χ0n) is 20.8. The normalized spacial score (nSPS) is 11.2. The van der Waals surface area contributed by atoms with Gasteiger partial charge >= 0.3 is 0 Å². The fourth-order valence-electron chi connectivity index (χ4n) is 4.40. The van der Waals surface area contributed by atoms with Gasteiger partial charge in [0.25, 0.3) is 0 Å². The summed E-state index contributed by atoms with van der Waals surface area (Å²) in [6, 6.07) is 18.4. The van der Waals surface area contributed by atoms with E-state index >= 15 is 0 Å². The van der Waals surface area contributed by atoms with Gasteiger partial charge in [-0.15, -0.1) is 10.2 Å². The summed E-state index contributed by atoms with van der Waals surface area (Å²) >= 11 is 1.65. The maximum absolute atomic E-state index is 13.0. The highest BCUT2D eigenvalue weighted by molar-refractivity contribution is 7.07. The minimum absolute atomic E-state index is 0.0148. The van der Waals surface area contributed by atoms with Crippen molar-refractivity contribution in [2.75, 3.05) is 0 Å². The van der Waals surface area contributed by atoms with Crippen LogP contribution in [0.3, 0.4) is 0 Å². The van der Waals surface area contributed by atoms with Crippen LogP contribution in [0.1, 0.15) is 60.2 Å². The smallest absolute Gasteiger partial charge is 0.217 e. The molecule has 5 aromatic rings. The highest BCUT2D eigenvalue weighted by Gasteiger charge is 2.18. The van der Waals surface area contributed by atoms with E-state index in [1.165, 1.54) is 5.56 Å². The van der Waals surface area contributed by atoms with Crippen molar-refractivity contribution in [3.63, 3.8) is 0 Å². The summed E-state index contributed by atoms with van der Waals surface area (Å²) in [4.78, 5) is 17.7. The van der Waals surface area contributed by atoms with E-state index in [4.69, 9.17) is 10.1 Å². The number of para-hydroxylation sites is 1. The Labute approximate surface area is 220 Å². The molecule has 0 aliphatic carbocycles. The lowest BCUT2D eigenvalue weighted by atomic mass is 9.98. The Bertz CT molecular complexity index is 1440. The van der Waals surface area contributed by atoms with Crippen molar-refractivity contribution in [3.05, 3.63) is 94.5 Å². The molecule has 0 bridgehead atoms.